The van der Waals surface area contributed by atoms with Crippen LogP contribution in [0.5, 0.6) is 0 Å². The maximum atomic E-state index is 14.0. The number of nitrogens with zero attached hydrogens (tertiary/aromatic N) is 1. The molecule has 7 N–H and O–H groups in total. The van der Waals surface area contributed by atoms with Crippen molar-refractivity contribution >= 4 is 17.7 Å². The summed E-state index contributed by atoms with van der Waals surface area (Å²) in [6.07, 6.45) is 29.4. The molecule has 1 aliphatic rings. The molecule has 1 fully saturated rings. The third-order valence-electron chi connectivity index (χ3n) is 10.4. The quantitative estimate of drug-likeness (QED) is 0.0234. The molecule has 310 valence electrons. The Morgan fingerprint density at radius 3 is 1.68 bits per heavy atom. The molecule has 1 rings (SSSR count). The van der Waals surface area contributed by atoms with Crippen LogP contribution in [-0.4, -0.2) is 88.3 Å². The van der Waals surface area contributed by atoms with Gasteiger partial charge in [-0.3, -0.25) is 19.3 Å². The maximum Gasteiger partial charge on any atom is 0.243 e. The number of amides is 3. The molecule has 11 nitrogen and oxygen atoms in total. The standard InChI is InChI=1S/C42H80N4O7/c1-3-5-7-9-11-13-15-17-18-19-20-22-24-26-28-30-40(51)46(31-29-27-25-23-21-16-14-12-10-8-6-4-2)42(45-39(50)34-44-38(49)33-43)32-36(48)41(52)37(35-47)53-42/h17-18,36-37,41,47-48,52H,3-16,19-35,43H2,1-2H3,(H,44,49)(H,45,50)/t36-,37-,41+,42+/m1/s1. The molecule has 1 saturated heterocycles. The normalized spacial score (nSPS) is 20.2. The minimum absolute atomic E-state index is 0.225. The number of nitrogens with two attached hydrogens (primary N) is 1. The van der Waals surface area contributed by atoms with Crippen molar-refractivity contribution in [1.29, 1.82) is 0 Å². The molecular weight excluding hydrogens is 672 g/mol. The Balaban J connectivity index is 2.77. The maximum absolute atomic E-state index is 14.0. The fraction of sp³-hybridized carbons (Fsp3) is 0.881. The van der Waals surface area contributed by atoms with E-state index in [9.17, 15) is 29.7 Å². The van der Waals surface area contributed by atoms with Crippen molar-refractivity contribution in [2.75, 3.05) is 26.2 Å². The zero-order valence-corrected chi connectivity index (χ0v) is 33.8. The topological polar surface area (TPSA) is 174 Å². The number of aliphatic hydroxyl groups is 3. The van der Waals surface area contributed by atoms with E-state index in [1.165, 1.54) is 94.8 Å². The SMILES string of the molecule is CCCCCCCCC=CCCCCCCCC(=O)N(CCCCCCCCCCCCCC)[C@@]1(NC(=O)CNC(=O)CN)C[C@@H](O)[C@H](O)[C@@H](CO)O1. The predicted molar refractivity (Wildman–Crippen MR) is 214 cm³/mol. The van der Waals surface area contributed by atoms with E-state index >= 15 is 0 Å². The van der Waals surface area contributed by atoms with Crippen LogP contribution < -0.4 is 16.4 Å². The summed E-state index contributed by atoms with van der Waals surface area (Å²) >= 11 is 0. The first kappa shape index (κ1) is 49.0. The Morgan fingerprint density at radius 2 is 1.19 bits per heavy atom. The Bertz CT molecular complexity index is 968. The average molecular weight is 753 g/mol. The van der Waals surface area contributed by atoms with Gasteiger partial charge in [0.15, 0.2) is 0 Å². The zero-order valence-electron chi connectivity index (χ0n) is 33.8. The second-order valence-electron chi connectivity index (χ2n) is 15.2. The molecule has 1 aliphatic heterocycles. The summed E-state index contributed by atoms with van der Waals surface area (Å²) in [5.74, 6) is -3.18. The molecule has 0 spiro atoms. The minimum Gasteiger partial charge on any atom is -0.394 e. The van der Waals surface area contributed by atoms with Gasteiger partial charge in [-0.05, 0) is 38.5 Å². The summed E-state index contributed by atoms with van der Waals surface area (Å²) in [7, 11) is 0. The van der Waals surface area contributed by atoms with Crippen molar-refractivity contribution in [2.45, 2.75) is 211 Å². The Morgan fingerprint density at radius 1 is 0.717 bits per heavy atom. The number of allylic oxidation sites excluding steroid dienone is 2. The van der Waals surface area contributed by atoms with Gasteiger partial charge >= 0.3 is 0 Å². The lowest BCUT2D eigenvalue weighted by atomic mass is 9.96. The molecule has 0 saturated carbocycles. The number of hydrogen-bond donors (Lipinski definition) is 6. The van der Waals surface area contributed by atoms with E-state index in [0.717, 1.165) is 57.8 Å². The number of nitrogens with one attached hydrogen (secondary N) is 2. The second kappa shape index (κ2) is 32.2. The van der Waals surface area contributed by atoms with Crippen molar-refractivity contribution in [3.8, 4) is 0 Å². The van der Waals surface area contributed by atoms with Crippen LogP contribution in [0.4, 0.5) is 0 Å². The molecular formula is C42H80N4O7. The molecule has 1 heterocycles. The number of ether oxygens (including phenoxy) is 1. The third kappa shape index (κ3) is 22.8. The smallest absolute Gasteiger partial charge is 0.243 e. The van der Waals surface area contributed by atoms with Crippen LogP contribution in [0.25, 0.3) is 0 Å². The predicted octanol–water partition coefficient (Wildman–Crippen LogP) is 6.90. The highest BCUT2D eigenvalue weighted by Crippen LogP contribution is 2.32. The van der Waals surface area contributed by atoms with E-state index in [0.29, 0.717) is 12.8 Å². The molecule has 0 aromatic heterocycles. The summed E-state index contributed by atoms with van der Waals surface area (Å²) in [6.45, 7) is 3.45. The number of hydrogen-bond acceptors (Lipinski definition) is 8. The van der Waals surface area contributed by atoms with Gasteiger partial charge in [-0.2, -0.15) is 0 Å². The van der Waals surface area contributed by atoms with Crippen LogP contribution in [0.2, 0.25) is 0 Å². The van der Waals surface area contributed by atoms with Crippen molar-refractivity contribution in [2.24, 2.45) is 5.73 Å². The first-order valence-corrected chi connectivity index (χ1v) is 21.6. The van der Waals surface area contributed by atoms with Crippen molar-refractivity contribution in [1.82, 2.24) is 15.5 Å². The molecule has 3 amide bonds. The summed E-state index contributed by atoms with van der Waals surface area (Å²) in [5.41, 5.74) is 5.38. The second-order valence-corrected chi connectivity index (χ2v) is 15.2. The number of rotatable bonds is 34. The Hall–Kier alpha value is -2.05. The van der Waals surface area contributed by atoms with Crippen molar-refractivity contribution in [3.05, 3.63) is 12.2 Å². The van der Waals surface area contributed by atoms with E-state index in [4.69, 9.17) is 10.5 Å². The molecule has 0 unspecified atom stereocenters. The molecule has 0 aliphatic carbocycles. The monoisotopic (exact) mass is 753 g/mol. The van der Waals surface area contributed by atoms with E-state index < -0.39 is 49.1 Å². The van der Waals surface area contributed by atoms with Gasteiger partial charge in [0, 0.05) is 19.4 Å². The minimum atomic E-state index is -1.80. The molecule has 0 aromatic carbocycles. The van der Waals surface area contributed by atoms with Gasteiger partial charge in [0.1, 0.15) is 12.2 Å². The number of aliphatic hydroxyl groups excluding tert-OH is 3. The lowest BCUT2D eigenvalue weighted by Crippen LogP contribution is -2.72. The van der Waals surface area contributed by atoms with Gasteiger partial charge in [0.05, 0.1) is 25.8 Å². The van der Waals surface area contributed by atoms with Crippen molar-refractivity contribution < 1.29 is 34.4 Å². The number of carbonyl (C=O) groups excluding carboxylic acids is 3. The highest BCUT2D eigenvalue weighted by atomic mass is 16.6. The fourth-order valence-corrected chi connectivity index (χ4v) is 7.10. The lowest BCUT2D eigenvalue weighted by Gasteiger charge is -2.50. The Kier molecular flexibility index (Phi) is 29.8. The molecule has 0 radical (unpaired) electrons. The van der Waals surface area contributed by atoms with Gasteiger partial charge in [-0.25, -0.2) is 0 Å². The first-order chi connectivity index (χ1) is 25.7. The van der Waals surface area contributed by atoms with E-state index in [1.54, 1.807) is 0 Å². The molecule has 0 bridgehead atoms. The van der Waals surface area contributed by atoms with Crippen LogP contribution in [0.1, 0.15) is 187 Å². The zero-order chi connectivity index (χ0) is 39.0. The lowest BCUT2D eigenvalue weighted by molar-refractivity contribution is -0.280. The van der Waals surface area contributed by atoms with Crippen LogP contribution in [-0.2, 0) is 19.1 Å². The highest BCUT2D eigenvalue weighted by Gasteiger charge is 2.52. The average Bonchev–Trinajstić information content (AvgIpc) is 3.15. The van der Waals surface area contributed by atoms with E-state index in [1.807, 2.05) is 0 Å². The van der Waals surface area contributed by atoms with E-state index in [2.05, 4.69) is 36.6 Å². The van der Waals surface area contributed by atoms with Gasteiger partial charge in [-0.1, -0.05) is 148 Å². The summed E-state index contributed by atoms with van der Waals surface area (Å²) in [4.78, 5) is 40.4. The largest absolute Gasteiger partial charge is 0.394 e. The summed E-state index contributed by atoms with van der Waals surface area (Å²) < 4.78 is 6.15. The van der Waals surface area contributed by atoms with Crippen molar-refractivity contribution in [3.63, 3.8) is 0 Å². The summed E-state index contributed by atoms with van der Waals surface area (Å²) in [5, 5.41) is 36.6. The van der Waals surface area contributed by atoms with Crippen LogP contribution >= 0.6 is 0 Å². The van der Waals surface area contributed by atoms with E-state index in [-0.39, 0.29) is 31.8 Å². The molecule has 0 aromatic rings. The Labute approximate surface area is 322 Å². The highest BCUT2D eigenvalue weighted by molar-refractivity contribution is 5.86. The van der Waals surface area contributed by atoms with Crippen LogP contribution in [0.3, 0.4) is 0 Å². The number of carbonyl (C=O) groups is 3. The van der Waals surface area contributed by atoms with Gasteiger partial charge in [0.2, 0.25) is 23.6 Å². The van der Waals surface area contributed by atoms with Gasteiger partial charge in [0.25, 0.3) is 0 Å². The first-order valence-electron chi connectivity index (χ1n) is 21.6. The molecule has 11 heteroatoms. The molecule has 53 heavy (non-hydrogen) atoms. The van der Waals surface area contributed by atoms with Gasteiger partial charge < -0.3 is 36.4 Å². The number of unbranched alkanes of at least 4 members (excludes halogenated alkanes) is 22. The van der Waals surface area contributed by atoms with Crippen LogP contribution in [0, 0.1) is 0 Å². The summed E-state index contributed by atoms with van der Waals surface area (Å²) in [6, 6.07) is 0. The molecule has 4 atom stereocenters. The van der Waals surface area contributed by atoms with Crippen LogP contribution in [0.15, 0.2) is 12.2 Å². The van der Waals surface area contributed by atoms with Gasteiger partial charge in [-0.15, -0.1) is 0 Å². The third-order valence-corrected chi connectivity index (χ3v) is 10.4. The fourth-order valence-electron chi connectivity index (χ4n) is 7.10.